The van der Waals surface area contributed by atoms with Crippen molar-refractivity contribution >= 4 is 0 Å². The van der Waals surface area contributed by atoms with Crippen molar-refractivity contribution < 1.29 is 5.11 Å². The first-order valence-corrected chi connectivity index (χ1v) is 4.55. The highest BCUT2D eigenvalue weighted by molar-refractivity contribution is 4.79. The molecular formula is C9H19NO. The minimum atomic E-state index is -0.279. The largest absolute Gasteiger partial charge is 0.378 e. The molecule has 2 nitrogen and oxygen atoms in total. The van der Waals surface area contributed by atoms with Gasteiger partial charge in [0.15, 0.2) is 0 Å². The quantitative estimate of drug-likeness (QED) is 0.602. The second-order valence-corrected chi connectivity index (χ2v) is 4.00. The van der Waals surface area contributed by atoms with Gasteiger partial charge in [-0.15, -0.1) is 0 Å². The van der Waals surface area contributed by atoms with E-state index < -0.39 is 0 Å². The van der Waals surface area contributed by atoms with Gasteiger partial charge in [0, 0.05) is 12.0 Å². The molecule has 1 aliphatic rings. The van der Waals surface area contributed by atoms with E-state index in [4.69, 9.17) is 0 Å². The Morgan fingerprint density at radius 1 is 1.36 bits per heavy atom. The predicted molar refractivity (Wildman–Crippen MR) is 46.2 cm³/mol. The zero-order valence-electron chi connectivity index (χ0n) is 7.67. The van der Waals surface area contributed by atoms with Crippen LogP contribution in [0, 0.1) is 11.8 Å². The fourth-order valence-electron chi connectivity index (χ4n) is 1.80. The molecule has 0 aromatic heterocycles. The molecule has 2 heteroatoms. The SMILES string of the molecule is CC1CCC(C(C)C)C(O)N1. The Labute approximate surface area is 69.0 Å². The summed E-state index contributed by atoms with van der Waals surface area (Å²) in [7, 11) is 0. The van der Waals surface area contributed by atoms with Gasteiger partial charge < -0.3 is 5.11 Å². The molecule has 1 heterocycles. The summed E-state index contributed by atoms with van der Waals surface area (Å²) in [6.07, 6.45) is 2.08. The average molecular weight is 157 g/mol. The summed E-state index contributed by atoms with van der Waals surface area (Å²) in [6.45, 7) is 6.47. The molecule has 0 aliphatic carbocycles. The van der Waals surface area contributed by atoms with Crippen LogP contribution in [0.5, 0.6) is 0 Å². The van der Waals surface area contributed by atoms with Gasteiger partial charge in [0.1, 0.15) is 6.23 Å². The lowest BCUT2D eigenvalue weighted by molar-refractivity contribution is 0.0123. The maximum atomic E-state index is 9.60. The molecule has 0 aromatic carbocycles. The van der Waals surface area contributed by atoms with Gasteiger partial charge in [0.25, 0.3) is 0 Å². The van der Waals surface area contributed by atoms with Gasteiger partial charge in [-0.25, -0.2) is 0 Å². The molecule has 3 unspecified atom stereocenters. The number of aliphatic hydroxyl groups is 1. The van der Waals surface area contributed by atoms with E-state index >= 15 is 0 Å². The number of nitrogens with one attached hydrogen (secondary N) is 1. The maximum absolute atomic E-state index is 9.60. The highest BCUT2D eigenvalue weighted by Crippen LogP contribution is 2.25. The lowest BCUT2D eigenvalue weighted by Crippen LogP contribution is -2.47. The van der Waals surface area contributed by atoms with E-state index in [0.717, 1.165) is 6.42 Å². The van der Waals surface area contributed by atoms with Crippen LogP contribution in [-0.4, -0.2) is 17.4 Å². The molecule has 0 aromatic rings. The molecule has 0 bridgehead atoms. The van der Waals surface area contributed by atoms with Crippen molar-refractivity contribution in [1.82, 2.24) is 5.32 Å². The molecule has 0 spiro atoms. The average Bonchev–Trinajstić information content (AvgIpc) is 1.85. The van der Waals surface area contributed by atoms with Crippen LogP contribution in [0.1, 0.15) is 33.6 Å². The molecule has 1 rings (SSSR count). The lowest BCUT2D eigenvalue weighted by Gasteiger charge is -2.35. The maximum Gasteiger partial charge on any atom is 0.108 e. The third-order valence-corrected chi connectivity index (χ3v) is 2.65. The van der Waals surface area contributed by atoms with E-state index in [1.807, 2.05) is 0 Å². The summed E-state index contributed by atoms with van der Waals surface area (Å²) in [4.78, 5) is 0. The third-order valence-electron chi connectivity index (χ3n) is 2.65. The van der Waals surface area contributed by atoms with Gasteiger partial charge in [-0.2, -0.15) is 0 Å². The fourth-order valence-corrected chi connectivity index (χ4v) is 1.80. The molecule has 1 aliphatic heterocycles. The van der Waals surface area contributed by atoms with Gasteiger partial charge in [-0.3, -0.25) is 5.32 Å². The van der Waals surface area contributed by atoms with Gasteiger partial charge in [-0.1, -0.05) is 13.8 Å². The fraction of sp³-hybridized carbons (Fsp3) is 1.00. The lowest BCUT2D eigenvalue weighted by atomic mass is 9.85. The monoisotopic (exact) mass is 157 g/mol. The smallest absolute Gasteiger partial charge is 0.108 e. The number of hydrogen-bond donors (Lipinski definition) is 2. The first-order chi connectivity index (χ1) is 5.11. The third kappa shape index (κ3) is 2.17. The Kier molecular flexibility index (Phi) is 2.90. The Hall–Kier alpha value is -0.0800. The highest BCUT2D eigenvalue weighted by Gasteiger charge is 2.27. The summed E-state index contributed by atoms with van der Waals surface area (Å²) in [5.74, 6) is 1.04. The zero-order valence-corrected chi connectivity index (χ0v) is 7.67. The Bertz CT molecular complexity index is 125. The summed E-state index contributed by atoms with van der Waals surface area (Å²) in [5.41, 5.74) is 0. The minimum absolute atomic E-state index is 0.279. The number of aliphatic hydroxyl groups excluding tert-OH is 1. The summed E-state index contributed by atoms with van der Waals surface area (Å²) in [6, 6.07) is 0.486. The zero-order chi connectivity index (χ0) is 8.43. The second-order valence-electron chi connectivity index (χ2n) is 4.00. The van der Waals surface area contributed by atoms with Crippen LogP contribution in [0.4, 0.5) is 0 Å². The van der Waals surface area contributed by atoms with Gasteiger partial charge >= 0.3 is 0 Å². The van der Waals surface area contributed by atoms with Crippen LogP contribution in [0.3, 0.4) is 0 Å². The Balaban J connectivity index is 2.44. The van der Waals surface area contributed by atoms with Crippen LogP contribution in [0.2, 0.25) is 0 Å². The first-order valence-electron chi connectivity index (χ1n) is 4.55. The van der Waals surface area contributed by atoms with E-state index in [2.05, 4.69) is 26.1 Å². The molecule has 0 amide bonds. The van der Waals surface area contributed by atoms with Gasteiger partial charge in [0.05, 0.1) is 0 Å². The van der Waals surface area contributed by atoms with Crippen LogP contribution in [0.25, 0.3) is 0 Å². The standard InChI is InChI=1S/C9H19NO/c1-6(2)8-5-4-7(3)10-9(8)11/h6-11H,4-5H2,1-3H3. The normalized spacial score (nSPS) is 39.5. The van der Waals surface area contributed by atoms with Crippen molar-refractivity contribution in [3.8, 4) is 0 Å². The van der Waals surface area contributed by atoms with Crippen molar-refractivity contribution in [2.75, 3.05) is 0 Å². The van der Waals surface area contributed by atoms with Crippen molar-refractivity contribution in [2.45, 2.75) is 45.9 Å². The number of hydrogen-bond acceptors (Lipinski definition) is 2. The molecule has 3 atom stereocenters. The predicted octanol–water partition coefficient (Wildman–Crippen LogP) is 1.35. The van der Waals surface area contributed by atoms with E-state index in [0.29, 0.717) is 17.9 Å². The summed E-state index contributed by atoms with van der Waals surface area (Å²) < 4.78 is 0. The Morgan fingerprint density at radius 2 is 2.00 bits per heavy atom. The van der Waals surface area contributed by atoms with Crippen LogP contribution in [0.15, 0.2) is 0 Å². The van der Waals surface area contributed by atoms with Gasteiger partial charge in [0.2, 0.25) is 0 Å². The summed E-state index contributed by atoms with van der Waals surface area (Å²) >= 11 is 0. The van der Waals surface area contributed by atoms with Crippen LogP contribution >= 0.6 is 0 Å². The van der Waals surface area contributed by atoms with E-state index in [1.54, 1.807) is 0 Å². The van der Waals surface area contributed by atoms with Crippen molar-refractivity contribution in [1.29, 1.82) is 0 Å². The van der Waals surface area contributed by atoms with Crippen molar-refractivity contribution in [3.05, 3.63) is 0 Å². The summed E-state index contributed by atoms with van der Waals surface area (Å²) in [5, 5.41) is 12.8. The van der Waals surface area contributed by atoms with Gasteiger partial charge in [-0.05, 0) is 25.7 Å². The highest BCUT2D eigenvalue weighted by atomic mass is 16.3. The molecule has 0 saturated carbocycles. The molecule has 11 heavy (non-hydrogen) atoms. The first kappa shape index (κ1) is 9.01. The van der Waals surface area contributed by atoms with E-state index in [1.165, 1.54) is 6.42 Å². The molecule has 66 valence electrons. The molecule has 1 saturated heterocycles. The molecule has 2 N–H and O–H groups in total. The van der Waals surface area contributed by atoms with Crippen LogP contribution < -0.4 is 5.32 Å². The molecular weight excluding hydrogens is 138 g/mol. The van der Waals surface area contributed by atoms with Crippen LogP contribution in [-0.2, 0) is 0 Å². The topological polar surface area (TPSA) is 32.3 Å². The Morgan fingerprint density at radius 3 is 2.45 bits per heavy atom. The number of piperidine rings is 1. The minimum Gasteiger partial charge on any atom is -0.378 e. The number of rotatable bonds is 1. The molecule has 1 fully saturated rings. The second kappa shape index (κ2) is 3.55. The van der Waals surface area contributed by atoms with E-state index in [9.17, 15) is 5.11 Å². The van der Waals surface area contributed by atoms with E-state index in [-0.39, 0.29) is 6.23 Å². The van der Waals surface area contributed by atoms with Crippen molar-refractivity contribution in [3.63, 3.8) is 0 Å². The van der Waals surface area contributed by atoms with Crippen molar-refractivity contribution in [2.24, 2.45) is 11.8 Å². The molecule has 0 radical (unpaired) electrons.